The number of carbonyl (C=O) groups is 1. The van der Waals surface area contributed by atoms with E-state index < -0.39 is 15.7 Å². The van der Waals surface area contributed by atoms with Crippen LogP contribution in [0.1, 0.15) is 41.9 Å². The minimum absolute atomic E-state index is 0.0407. The Morgan fingerprint density at radius 1 is 1.07 bits per heavy atom. The molecular formula is C21H22N2O3S2. The van der Waals surface area contributed by atoms with Crippen molar-refractivity contribution in [3.05, 3.63) is 65.0 Å². The van der Waals surface area contributed by atoms with E-state index in [0.717, 1.165) is 16.1 Å². The van der Waals surface area contributed by atoms with E-state index in [2.05, 4.69) is 24.1 Å². The summed E-state index contributed by atoms with van der Waals surface area (Å²) in [6, 6.07) is 16.1. The quantitative estimate of drug-likeness (QED) is 0.617. The molecule has 146 valence electrons. The maximum atomic E-state index is 12.8. The monoisotopic (exact) mass is 414 g/mol. The van der Waals surface area contributed by atoms with Gasteiger partial charge in [0.15, 0.2) is 15.0 Å². The van der Waals surface area contributed by atoms with E-state index in [9.17, 15) is 13.2 Å². The van der Waals surface area contributed by atoms with Crippen LogP contribution in [-0.4, -0.2) is 25.1 Å². The number of carbonyl (C=O) groups excluding carboxylic acids is 1. The van der Waals surface area contributed by atoms with Crippen LogP contribution in [0.2, 0.25) is 0 Å². The van der Waals surface area contributed by atoms with Crippen LogP contribution in [0.3, 0.4) is 0 Å². The van der Waals surface area contributed by atoms with Gasteiger partial charge in [-0.2, -0.15) is 0 Å². The average Bonchev–Trinajstić information content (AvgIpc) is 3.13. The fourth-order valence-corrected chi connectivity index (χ4v) is 4.90. The number of aromatic nitrogens is 1. The van der Waals surface area contributed by atoms with E-state index >= 15 is 0 Å². The Kier molecular flexibility index (Phi) is 5.96. The normalized spacial score (nSPS) is 11.6. The molecule has 0 unspecified atom stereocenters. The van der Waals surface area contributed by atoms with Crippen molar-refractivity contribution in [2.24, 2.45) is 0 Å². The summed E-state index contributed by atoms with van der Waals surface area (Å²) in [7, 11) is -3.50. The third-order valence-electron chi connectivity index (χ3n) is 4.29. The summed E-state index contributed by atoms with van der Waals surface area (Å²) in [5.41, 5.74) is 1.95. The SMILES string of the molecule is CCS(=O)(=O)c1ccccc1C(=O)Nc1nc(-c2ccccc2)c(C(C)C)s1. The Labute approximate surface area is 169 Å². The number of amides is 1. The molecule has 3 rings (SSSR count). The number of hydrogen-bond donors (Lipinski definition) is 1. The first-order valence-electron chi connectivity index (χ1n) is 9.02. The fraction of sp³-hybridized carbons (Fsp3) is 0.238. The summed E-state index contributed by atoms with van der Waals surface area (Å²) >= 11 is 1.41. The van der Waals surface area contributed by atoms with Gasteiger partial charge in [-0.1, -0.05) is 63.2 Å². The molecule has 3 aromatic rings. The first-order valence-corrected chi connectivity index (χ1v) is 11.5. The van der Waals surface area contributed by atoms with Crippen LogP contribution in [0.4, 0.5) is 5.13 Å². The lowest BCUT2D eigenvalue weighted by Crippen LogP contribution is -2.17. The van der Waals surface area contributed by atoms with E-state index in [1.165, 1.54) is 23.5 Å². The van der Waals surface area contributed by atoms with Gasteiger partial charge in [0.1, 0.15) is 0 Å². The molecule has 0 atom stereocenters. The van der Waals surface area contributed by atoms with E-state index in [1.54, 1.807) is 19.1 Å². The molecule has 5 nitrogen and oxygen atoms in total. The maximum absolute atomic E-state index is 12.8. The molecule has 28 heavy (non-hydrogen) atoms. The van der Waals surface area contributed by atoms with Crippen LogP contribution in [-0.2, 0) is 9.84 Å². The van der Waals surface area contributed by atoms with Crippen molar-refractivity contribution >= 4 is 32.2 Å². The van der Waals surface area contributed by atoms with Crippen LogP contribution >= 0.6 is 11.3 Å². The standard InChI is InChI=1S/C21H22N2O3S2/c1-4-28(25,26)17-13-9-8-12-16(17)20(24)23-21-22-18(19(27-21)14(2)3)15-10-6-5-7-11-15/h5-14H,4H2,1-3H3,(H,22,23,24). The first kappa shape index (κ1) is 20.2. The highest BCUT2D eigenvalue weighted by molar-refractivity contribution is 7.91. The Bertz CT molecular complexity index is 1090. The lowest BCUT2D eigenvalue weighted by atomic mass is 10.1. The molecule has 0 saturated carbocycles. The van der Waals surface area contributed by atoms with Crippen molar-refractivity contribution in [2.75, 3.05) is 11.1 Å². The topological polar surface area (TPSA) is 76.1 Å². The number of benzene rings is 2. The van der Waals surface area contributed by atoms with E-state index in [-0.39, 0.29) is 22.1 Å². The second kappa shape index (κ2) is 8.24. The molecule has 1 N–H and O–H groups in total. The van der Waals surface area contributed by atoms with Gasteiger partial charge in [0.25, 0.3) is 5.91 Å². The fourth-order valence-electron chi connectivity index (χ4n) is 2.82. The summed E-state index contributed by atoms with van der Waals surface area (Å²) in [6.45, 7) is 5.72. The van der Waals surface area contributed by atoms with Crippen molar-refractivity contribution in [3.63, 3.8) is 0 Å². The second-order valence-electron chi connectivity index (χ2n) is 6.61. The Morgan fingerprint density at radius 3 is 2.36 bits per heavy atom. The number of rotatable bonds is 6. The van der Waals surface area contributed by atoms with Crippen molar-refractivity contribution in [3.8, 4) is 11.3 Å². The molecular weight excluding hydrogens is 392 g/mol. The lowest BCUT2D eigenvalue weighted by Gasteiger charge is -2.08. The minimum Gasteiger partial charge on any atom is -0.298 e. The third kappa shape index (κ3) is 4.15. The first-order chi connectivity index (χ1) is 13.3. The zero-order valence-corrected chi connectivity index (χ0v) is 17.6. The molecule has 1 heterocycles. The van der Waals surface area contributed by atoms with Crippen LogP contribution < -0.4 is 5.32 Å². The van der Waals surface area contributed by atoms with Gasteiger partial charge in [-0.3, -0.25) is 10.1 Å². The zero-order chi connectivity index (χ0) is 20.3. The highest BCUT2D eigenvalue weighted by Gasteiger charge is 2.22. The predicted molar refractivity (Wildman–Crippen MR) is 114 cm³/mol. The highest BCUT2D eigenvalue weighted by atomic mass is 32.2. The largest absolute Gasteiger partial charge is 0.298 e. The Hall–Kier alpha value is -2.51. The average molecular weight is 415 g/mol. The number of sulfone groups is 1. The number of nitrogens with zero attached hydrogens (tertiary/aromatic N) is 1. The molecule has 1 aromatic heterocycles. The Morgan fingerprint density at radius 2 is 1.71 bits per heavy atom. The number of nitrogens with one attached hydrogen (secondary N) is 1. The summed E-state index contributed by atoms with van der Waals surface area (Å²) < 4.78 is 24.6. The molecule has 0 spiro atoms. The molecule has 2 aromatic carbocycles. The summed E-state index contributed by atoms with van der Waals surface area (Å²) in [5.74, 6) is -0.299. The van der Waals surface area contributed by atoms with E-state index in [0.29, 0.717) is 5.13 Å². The molecule has 0 aliphatic carbocycles. The summed E-state index contributed by atoms with van der Waals surface area (Å²) in [4.78, 5) is 18.5. The van der Waals surface area contributed by atoms with Crippen molar-refractivity contribution in [1.82, 2.24) is 4.98 Å². The molecule has 0 fully saturated rings. The predicted octanol–water partition coefficient (Wildman–Crippen LogP) is 4.98. The molecule has 0 bridgehead atoms. The second-order valence-corrected chi connectivity index (χ2v) is 9.88. The van der Waals surface area contributed by atoms with Crippen LogP contribution in [0, 0.1) is 0 Å². The van der Waals surface area contributed by atoms with Gasteiger partial charge in [0.2, 0.25) is 0 Å². The molecule has 7 heteroatoms. The van der Waals surface area contributed by atoms with Gasteiger partial charge < -0.3 is 0 Å². The third-order valence-corrected chi connectivity index (χ3v) is 7.35. The number of anilines is 1. The van der Waals surface area contributed by atoms with Crippen molar-refractivity contribution < 1.29 is 13.2 Å². The van der Waals surface area contributed by atoms with Gasteiger partial charge in [0, 0.05) is 10.4 Å². The van der Waals surface area contributed by atoms with Crippen LogP contribution in [0.25, 0.3) is 11.3 Å². The van der Waals surface area contributed by atoms with Gasteiger partial charge in [0.05, 0.1) is 21.9 Å². The highest BCUT2D eigenvalue weighted by Crippen LogP contribution is 2.36. The van der Waals surface area contributed by atoms with E-state index in [1.807, 2.05) is 30.3 Å². The zero-order valence-electron chi connectivity index (χ0n) is 16.0. The van der Waals surface area contributed by atoms with Crippen molar-refractivity contribution in [1.29, 1.82) is 0 Å². The summed E-state index contributed by atoms with van der Waals surface area (Å²) in [6.07, 6.45) is 0. The lowest BCUT2D eigenvalue weighted by molar-refractivity contribution is 0.102. The van der Waals surface area contributed by atoms with Gasteiger partial charge in [-0.05, 0) is 18.1 Å². The smallest absolute Gasteiger partial charge is 0.258 e. The van der Waals surface area contributed by atoms with Crippen molar-refractivity contribution in [2.45, 2.75) is 31.6 Å². The number of hydrogen-bond acceptors (Lipinski definition) is 5. The van der Waals surface area contributed by atoms with Gasteiger partial charge in [-0.25, -0.2) is 13.4 Å². The maximum Gasteiger partial charge on any atom is 0.258 e. The molecule has 0 radical (unpaired) electrons. The van der Waals surface area contributed by atoms with Crippen LogP contribution in [0.15, 0.2) is 59.5 Å². The number of thiazole rings is 1. The molecule has 0 aliphatic rings. The minimum atomic E-state index is -3.50. The summed E-state index contributed by atoms with van der Waals surface area (Å²) in [5, 5.41) is 3.24. The van der Waals surface area contributed by atoms with Gasteiger partial charge >= 0.3 is 0 Å². The Balaban J connectivity index is 1.97. The van der Waals surface area contributed by atoms with E-state index in [4.69, 9.17) is 0 Å². The van der Waals surface area contributed by atoms with Crippen LogP contribution in [0.5, 0.6) is 0 Å². The molecule has 0 aliphatic heterocycles. The molecule has 0 saturated heterocycles. The van der Waals surface area contributed by atoms with Gasteiger partial charge in [-0.15, -0.1) is 11.3 Å². The molecule has 1 amide bonds.